The normalized spacial score (nSPS) is 23.6. The molecule has 2 unspecified atom stereocenters. The number of piperidine rings is 2. The van der Waals surface area contributed by atoms with Crippen LogP contribution in [0.5, 0.6) is 5.75 Å². The molecule has 2 atom stereocenters. The fourth-order valence-corrected chi connectivity index (χ4v) is 5.06. The molecule has 3 aliphatic rings. The van der Waals surface area contributed by atoms with Crippen LogP contribution >= 0.6 is 0 Å². The van der Waals surface area contributed by atoms with Crippen molar-refractivity contribution in [2.75, 3.05) is 13.1 Å². The molecular weight excluding hydrogens is 434 g/mol. The number of nitrogens with zero attached hydrogens (tertiary/aromatic N) is 2. The van der Waals surface area contributed by atoms with Gasteiger partial charge in [-0.2, -0.15) is 0 Å². The van der Waals surface area contributed by atoms with E-state index < -0.39 is 12.3 Å². The quantitative estimate of drug-likeness (QED) is 0.601. The maximum absolute atomic E-state index is 13.0. The summed E-state index contributed by atoms with van der Waals surface area (Å²) in [5, 5.41) is 22.5. The van der Waals surface area contributed by atoms with Crippen molar-refractivity contribution in [2.24, 2.45) is 0 Å². The topological polar surface area (TPSA) is 102 Å². The fourth-order valence-electron chi connectivity index (χ4n) is 5.06. The Kier molecular flexibility index (Phi) is 6.54. The molecule has 180 valence electrons. The first-order chi connectivity index (χ1) is 16.5. The van der Waals surface area contributed by atoms with Crippen molar-refractivity contribution in [3.05, 3.63) is 64.7 Å². The molecular formula is C26H31N3O5. The van der Waals surface area contributed by atoms with Gasteiger partial charge in [0.2, 0.25) is 5.91 Å². The van der Waals surface area contributed by atoms with Crippen LogP contribution in [-0.4, -0.2) is 63.3 Å². The number of carbonyl (C=O) groups is 2. The van der Waals surface area contributed by atoms with E-state index in [4.69, 9.17) is 4.74 Å². The van der Waals surface area contributed by atoms with Gasteiger partial charge >= 0.3 is 0 Å². The lowest BCUT2D eigenvalue weighted by atomic mass is 10.0. The third-order valence-corrected chi connectivity index (χ3v) is 7.07. The Hall–Kier alpha value is -2.94. The van der Waals surface area contributed by atoms with Gasteiger partial charge in [0.15, 0.2) is 0 Å². The third-order valence-electron chi connectivity index (χ3n) is 7.07. The fraction of sp³-hybridized carbons (Fsp3) is 0.462. The number of likely N-dealkylation sites (tertiary alicyclic amines) is 1. The summed E-state index contributed by atoms with van der Waals surface area (Å²) in [5.41, 5.74) is 3.69. The minimum atomic E-state index is -1.06. The van der Waals surface area contributed by atoms with Gasteiger partial charge in [0.1, 0.15) is 18.6 Å². The average molecular weight is 466 g/mol. The molecule has 2 aromatic carbocycles. The van der Waals surface area contributed by atoms with Crippen molar-refractivity contribution >= 4 is 11.8 Å². The van der Waals surface area contributed by atoms with E-state index in [1.54, 1.807) is 11.0 Å². The van der Waals surface area contributed by atoms with Crippen LogP contribution in [-0.2, 0) is 24.5 Å². The van der Waals surface area contributed by atoms with E-state index in [9.17, 15) is 19.8 Å². The summed E-state index contributed by atoms with van der Waals surface area (Å²) in [6, 6.07) is 13.4. The second-order valence-corrected chi connectivity index (χ2v) is 9.45. The SMILES string of the molecule is O=C1CCC(N2Cc3c(OCc4ccc(CN5CCC(O)CC5)cc4)cccc3C2=O)C(O)N1. The zero-order valence-corrected chi connectivity index (χ0v) is 19.2. The largest absolute Gasteiger partial charge is 0.489 e. The molecule has 2 saturated heterocycles. The van der Waals surface area contributed by atoms with Crippen LogP contribution in [0, 0.1) is 0 Å². The highest BCUT2D eigenvalue weighted by Gasteiger charge is 2.40. The zero-order chi connectivity index (χ0) is 23.7. The van der Waals surface area contributed by atoms with Crippen molar-refractivity contribution in [3.63, 3.8) is 0 Å². The van der Waals surface area contributed by atoms with Gasteiger partial charge in [0.25, 0.3) is 5.91 Å². The lowest BCUT2D eigenvalue weighted by molar-refractivity contribution is -0.129. The van der Waals surface area contributed by atoms with Crippen LogP contribution in [0.1, 0.15) is 52.7 Å². The molecule has 2 fully saturated rings. The molecule has 0 radical (unpaired) electrons. The minimum Gasteiger partial charge on any atom is -0.489 e. The number of rotatable bonds is 6. The first-order valence-electron chi connectivity index (χ1n) is 12.0. The van der Waals surface area contributed by atoms with Gasteiger partial charge in [-0.3, -0.25) is 14.5 Å². The van der Waals surface area contributed by atoms with Crippen LogP contribution in [0.25, 0.3) is 0 Å². The van der Waals surface area contributed by atoms with Crippen molar-refractivity contribution in [3.8, 4) is 5.75 Å². The molecule has 5 rings (SSSR count). The van der Waals surface area contributed by atoms with Gasteiger partial charge in [0, 0.05) is 37.2 Å². The summed E-state index contributed by atoms with van der Waals surface area (Å²) in [7, 11) is 0. The smallest absolute Gasteiger partial charge is 0.255 e. The number of carbonyl (C=O) groups excluding carboxylic acids is 2. The highest BCUT2D eigenvalue weighted by molar-refractivity contribution is 5.99. The molecule has 8 heteroatoms. The number of amides is 2. The highest BCUT2D eigenvalue weighted by atomic mass is 16.5. The summed E-state index contributed by atoms with van der Waals surface area (Å²) >= 11 is 0. The number of aliphatic hydroxyl groups is 2. The van der Waals surface area contributed by atoms with Gasteiger partial charge in [-0.1, -0.05) is 30.3 Å². The molecule has 0 saturated carbocycles. The van der Waals surface area contributed by atoms with Gasteiger partial charge in [-0.25, -0.2) is 0 Å². The van der Waals surface area contributed by atoms with Crippen LogP contribution in [0.4, 0.5) is 0 Å². The maximum atomic E-state index is 13.0. The van der Waals surface area contributed by atoms with E-state index in [1.165, 1.54) is 5.56 Å². The standard InChI is InChI=1S/C26H31N3O5/c30-19-10-12-28(13-11-19)14-17-4-6-18(7-5-17)16-34-23-3-1-2-20-21(23)15-29(26(20)33)22-8-9-24(31)27-25(22)32/h1-7,19,22,25,30,32H,8-16H2,(H,27,31). The van der Waals surface area contributed by atoms with Crippen molar-refractivity contribution in [1.82, 2.24) is 15.1 Å². The Labute approximate surface area is 199 Å². The molecule has 2 aromatic rings. The number of aliphatic hydroxyl groups excluding tert-OH is 2. The summed E-state index contributed by atoms with van der Waals surface area (Å²) in [6.45, 7) is 3.47. The predicted octanol–water partition coefficient (Wildman–Crippen LogP) is 1.78. The molecule has 0 spiro atoms. The van der Waals surface area contributed by atoms with E-state index >= 15 is 0 Å². The number of benzene rings is 2. The Morgan fingerprint density at radius 3 is 2.44 bits per heavy atom. The lowest BCUT2D eigenvalue weighted by Gasteiger charge is -2.35. The minimum absolute atomic E-state index is 0.143. The molecule has 3 heterocycles. The number of hydrogen-bond acceptors (Lipinski definition) is 6. The van der Waals surface area contributed by atoms with Crippen molar-refractivity contribution < 1.29 is 24.5 Å². The van der Waals surface area contributed by atoms with Gasteiger partial charge in [0.05, 0.1) is 18.7 Å². The predicted molar refractivity (Wildman–Crippen MR) is 125 cm³/mol. The van der Waals surface area contributed by atoms with Crippen molar-refractivity contribution in [2.45, 2.75) is 63.8 Å². The van der Waals surface area contributed by atoms with Crippen LogP contribution in [0.15, 0.2) is 42.5 Å². The molecule has 0 aromatic heterocycles. The number of fused-ring (bicyclic) bond motifs is 1. The first kappa shape index (κ1) is 22.8. The van der Waals surface area contributed by atoms with E-state index in [1.807, 2.05) is 12.1 Å². The van der Waals surface area contributed by atoms with E-state index in [0.29, 0.717) is 37.3 Å². The molecule has 0 aliphatic carbocycles. The molecule has 3 N–H and O–H groups in total. The number of hydrogen-bond donors (Lipinski definition) is 3. The highest BCUT2D eigenvalue weighted by Crippen LogP contribution is 2.34. The average Bonchev–Trinajstić information content (AvgIpc) is 3.17. The number of nitrogens with one attached hydrogen (secondary N) is 1. The Morgan fingerprint density at radius 2 is 1.71 bits per heavy atom. The second-order valence-electron chi connectivity index (χ2n) is 9.45. The molecule has 8 nitrogen and oxygen atoms in total. The van der Waals surface area contributed by atoms with Crippen molar-refractivity contribution in [1.29, 1.82) is 0 Å². The molecule has 3 aliphatic heterocycles. The third kappa shape index (κ3) is 4.80. The van der Waals surface area contributed by atoms with E-state index in [2.05, 4.69) is 34.5 Å². The summed E-state index contributed by atoms with van der Waals surface area (Å²) in [6.07, 6.45) is 1.18. The Balaban J connectivity index is 1.21. The van der Waals surface area contributed by atoms with Crippen LogP contribution < -0.4 is 10.1 Å². The Morgan fingerprint density at radius 1 is 0.971 bits per heavy atom. The van der Waals surface area contributed by atoms with Gasteiger partial charge in [-0.05, 0) is 42.5 Å². The van der Waals surface area contributed by atoms with E-state index in [0.717, 1.165) is 43.6 Å². The summed E-state index contributed by atoms with van der Waals surface area (Å²) in [5.74, 6) is 0.326. The number of ether oxygens (including phenoxy) is 1. The van der Waals surface area contributed by atoms with Gasteiger partial charge < -0.3 is 25.2 Å². The zero-order valence-electron chi connectivity index (χ0n) is 19.2. The second kappa shape index (κ2) is 9.74. The first-order valence-corrected chi connectivity index (χ1v) is 12.0. The summed E-state index contributed by atoms with van der Waals surface area (Å²) in [4.78, 5) is 28.5. The molecule has 34 heavy (non-hydrogen) atoms. The summed E-state index contributed by atoms with van der Waals surface area (Å²) < 4.78 is 6.12. The van der Waals surface area contributed by atoms with Crippen LogP contribution in [0.2, 0.25) is 0 Å². The van der Waals surface area contributed by atoms with E-state index in [-0.39, 0.29) is 17.9 Å². The van der Waals surface area contributed by atoms with Gasteiger partial charge in [-0.15, -0.1) is 0 Å². The van der Waals surface area contributed by atoms with Crippen LogP contribution in [0.3, 0.4) is 0 Å². The maximum Gasteiger partial charge on any atom is 0.255 e. The lowest BCUT2D eigenvalue weighted by Crippen LogP contribution is -2.55. The molecule has 2 amide bonds. The molecule has 0 bridgehead atoms. The Bertz CT molecular complexity index is 1050. The monoisotopic (exact) mass is 465 g/mol.